The summed E-state index contributed by atoms with van der Waals surface area (Å²) in [4.78, 5) is 26.4. The summed E-state index contributed by atoms with van der Waals surface area (Å²) in [6, 6.07) is 0.240. The molecule has 0 aliphatic heterocycles. The van der Waals surface area contributed by atoms with Crippen LogP contribution in [-0.2, 0) is 9.53 Å². The zero-order valence-electron chi connectivity index (χ0n) is 15.5. The lowest BCUT2D eigenvalue weighted by Gasteiger charge is -2.42. The minimum atomic E-state index is -0.395. The SMILES string of the molecule is Cc1coc(C(=O)NC2CC(N(C)C(=O)C(C)OCC3CC3)C2)c1C. The zero-order chi connectivity index (χ0) is 18.1. The number of rotatable bonds is 7. The molecule has 2 aliphatic rings. The van der Waals surface area contributed by atoms with Gasteiger partial charge in [0.1, 0.15) is 6.10 Å². The van der Waals surface area contributed by atoms with E-state index >= 15 is 0 Å². The van der Waals surface area contributed by atoms with Crippen LogP contribution in [0, 0.1) is 19.8 Å². The van der Waals surface area contributed by atoms with Gasteiger partial charge in [-0.2, -0.15) is 0 Å². The van der Waals surface area contributed by atoms with Crippen molar-refractivity contribution in [3.63, 3.8) is 0 Å². The Labute approximate surface area is 148 Å². The van der Waals surface area contributed by atoms with E-state index < -0.39 is 6.10 Å². The number of aryl methyl sites for hydroxylation is 1. The van der Waals surface area contributed by atoms with E-state index in [1.54, 1.807) is 11.2 Å². The highest BCUT2D eigenvalue weighted by molar-refractivity contribution is 5.93. The molecule has 3 rings (SSSR count). The molecule has 2 fully saturated rings. The second kappa shape index (κ2) is 7.20. The summed E-state index contributed by atoms with van der Waals surface area (Å²) in [5, 5.41) is 2.99. The molecule has 2 aliphatic carbocycles. The number of furan rings is 1. The van der Waals surface area contributed by atoms with E-state index in [0.717, 1.165) is 24.0 Å². The van der Waals surface area contributed by atoms with Crippen molar-refractivity contribution in [2.75, 3.05) is 13.7 Å². The number of carbonyl (C=O) groups excluding carboxylic acids is 2. The van der Waals surface area contributed by atoms with Gasteiger partial charge < -0.3 is 19.4 Å². The number of carbonyl (C=O) groups is 2. The van der Waals surface area contributed by atoms with Crippen LogP contribution in [0.15, 0.2) is 10.7 Å². The fourth-order valence-corrected chi connectivity index (χ4v) is 3.10. The van der Waals surface area contributed by atoms with Crippen LogP contribution in [0.4, 0.5) is 0 Å². The minimum Gasteiger partial charge on any atom is -0.459 e. The van der Waals surface area contributed by atoms with Crippen molar-refractivity contribution in [2.24, 2.45) is 5.92 Å². The molecule has 0 spiro atoms. The summed E-state index contributed by atoms with van der Waals surface area (Å²) in [5.41, 5.74) is 1.85. The fourth-order valence-electron chi connectivity index (χ4n) is 3.10. The van der Waals surface area contributed by atoms with Gasteiger partial charge in [-0.1, -0.05) is 0 Å². The molecule has 0 saturated heterocycles. The first-order valence-corrected chi connectivity index (χ1v) is 9.10. The van der Waals surface area contributed by atoms with Crippen LogP contribution < -0.4 is 5.32 Å². The Morgan fingerprint density at radius 1 is 1.36 bits per heavy atom. The number of hydrogen-bond donors (Lipinski definition) is 1. The molecule has 1 unspecified atom stereocenters. The smallest absolute Gasteiger partial charge is 0.287 e. The van der Waals surface area contributed by atoms with Crippen molar-refractivity contribution in [1.29, 1.82) is 0 Å². The van der Waals surface area contributed by atoms with Crippen LogP contribution in [0.3, 0.4) is 0 Å². The minimum absolute atomic E-state index is 0.0212. The van der Waals surface area contributed by atoms with Gasteiger partial charge >= 0.3 is 0 Å². The molecule has 2 saturated carbocycles. The second-order valence-corrected chi connectivity index (χ2v) is 7.54. The number of ether oxygens (including phenoxy) is 1. The molecular formula is C19H28N2O4. The number of nitrogens with zero attached hydrogens (tertiary/aromatic N) is 1. The van der Waals surface area contributed by atoms with E-state index in [4.69, 9.17) is 9.15 Å². The third-order valence-corrected chi connectivity index (χ3v) is 5.46. The Morgan fingerprint density at radius 3 is 2.60 bits per heavy atom. The van der Waals surface area contributed by atoms with Crippen LogP contribution >= 0.6 is 0 Å². The molecule has 0 radical (unpaired) electrons. The first-order chi connectivity index (χ1) is 11.9. The highest BCUT2D eigenvalue weighted by atomic mass is 16.5. The topological polar surface area (TPSA) is 71.8 Å². The summed E-state index contributed by atoms with van der Waals surface area (Å²) in [7, 11) is 1.82. The van der Waals surface area contributed by atoms with Gasteiger partial charge in [0.25, 0.3) is 11.8 Å². The van der Waals surface area contributed by atoms with Gasteiger partial charge in [0.15, 0.2) is 5.76 Å². The average Bonchev–Trinajstić information content (AvgIpc) is 3.32. The van der Waals surface area contributed by atoms with Gasteiger partial charge in [-0.15, -0.1) is 0 Å². The van der Waals surface area contributed by atoms with Crippen molar-refractivity contribution in [2.45, 2.75) is 64.6 Å². The maximum absolute atomic E-state index is 12.4. The quantitative estimate of drug-likeness (QED) is 0.821. The average molecular weight is 348 g/mol. The van der Waals surface area contributed by atoms with Crippen molar-refractivity contribution in [3.05, 3.63) is 23.2 Å². The Kier molecular flexibility index (Phi) is 5.18. The van der Waals surface area contributed by atoms with Gasteiger partial charge in [-0.05, 0) is 57.9 Å². The largest absolute Gasteiger partial charge is 0.459 e. The lowest BCUT2D eigenvalue weighted by molar-refractivity contribution is -0.145. The summed E-state index contributed by atoms with van der Waals surface area (Å²) < 4.78 is 11.0. The molecule has 1 N–H and O–H groups in total. The summed E-state index contributed by atoms with van der Waals surface area (Å²) in [6.07, 6.45) is 5.17. The fraction of sp³-hybridized carbons (Fsp3) is 0.684. The van der Waals surface area contributed by atoms with Crippen molar-refractivity contribution in [3.8, 4) is 0 Å². The standard InChI is InChI=1S/C19H28N2O4/c1-11-9-25-17(12(11)2)18(22)20-15-7-16(8-15)21(4)19(23)13(3)24-10-14-5-6-14/h9,13-16H,5-8,10H2,1-4H3,(H,20,22). The molecule has 0 aromatic carbocycles. The Morgan fingerprint density at radius 2 is 2.04 bits per heavy atom. The Bertz CT molecular complexity index is 644. The molecule has 2 amide bonds. The molecule has 138 valence electrons. The molecule has 6 nitrogen and oxygen atoms in total. The maximum Gasteiger partial charge on any atom is 0.287 e. The van der Waals surface area contributed by atoms with Gasteiger partial charge in [-0.3, -0.25) is 9.59 Å². The van der Waals surface area contributed by atoms with Gasteiger partial charge in [0, 0.05) is 24.7 Å². The van der Waals surface area contributed by atoms with E-state index in [1.165, 1.54) is 12.8 Å². The zero-order valence-corrected chi connectivity index (χ0v) is 15.5. The molecule has 1 atom stereocenters. The molecule has 1 heterocycles. The van der Waals surface area contributed by atoms with Crippen LogP contribution in [0.25, 0.3) is 0 Å². The van der Waals surface area contributed by atoms with E-state index in [9.17, 15) is 9.59 Å². The predicted molar refractivity (Wildman–Crippen MR) is 93.4 cm³/mol. The van der Waals surface area contributed by atoms with Crippen LogP contribution in [0.2, 0.25) is 0 Å². The molecule has 6 heteroatoms. The maximum atomic E-state index is 12.4. The highest BCUT2D eigenvalue weighted by Crippen LogP contribution is 2.30. The molecule has 25 heavy (non-hydrogen) atoms. The third-order valence-electron chi connectivity index (χ3n) is 5.46. The normalized spacial score (nSPS) is 23.7. The Balaban J connectivity index is 1.42. The van der Waals surface area contributed by atoms with E-state index in [2.05, 4.69) is 5.32 Å². The summed E-state index contributed by atoms with van der Waals surface area (Å²) in [5.74, 6) is 0.877. The molecule has 1 aromatic heterocycles. The van der Waals surface area contributed by atoms with E-state index in [1.807, 2.05) is 27.8 Å². The van der Waals surface area contributed by atoms with E-state index in [-0.39, 0.29) is 23.9 Å². The summed E-state index contributed by atoms with van der Waals surface area (Å²) >= 11 is 0. The predicted octanol–water partition coefficient (Wildman–Crippen LogP) is 2.43. The third kappa shape index (κ3) is 4.06. The lowest BCUT2D eigenvalue weighted by Crippen LogP contribution is -2.55. The van der Waals surface area contributed by atoms with E-state index in [0.29, 0.717) is 18.3 Å². The van der Waals surface area contributed by atoms with Crippen LogP contribution in [0.5, 0.6) is 0 Å². The molecule has 1 aromatic rings. The number of hydrogen-bond acceptors (Lipinski definition) is 4. The number of likely N-dealkylation sites (N-methyl/N-ethyl adjacent to an activating group) is 1. The first kappa shape index (κ1) is 18.0. The lowest BCUT2D eigenvalue weighted by atomic mass is 9.85. The van der Waals surface area contributed by atoms with Gasteiger partial charge in [0.2, 0.25) is 0 Å². The number of amides is 2. The Hall–Kier alpha value is -1.82. The van der Waals surface area contributed by atoms with Crippen LogP contribution in [0.1, 0.15) is 54.3 Å². The molecular weight excluding hydrogens is 320 g/mol. The van der Waals surface area contributed by atoms with Crippen molar-refractivity contribution >= 4 is 11.8 Å². The monoisotopic (exact) mass is 348 g/mol. The van der Waals surface area contributed by atoms with Crippen LogP contribution in [-0.4, -0.2) is 48.6 Å². The summed E-state index contributed by atoms with van der Waals surface area (Å²) in [6.45, 7) is 6.31. The van der Waals surface area contributed by atoms with Gasteiger partial charge in [0.05, 0.1) is 12.9 Å². The van der Waals surface area contributed by atoms with Gasteiger partial charge in [-0.25, -0.2) is 0 Å². The van der Waals surface area contributed by atoms with Crippen molar-refractivity contribution in [1.82, 2.24) is 10.2 Å². The highest BCUT2D eigenvalue weighted by Gasteiger charge is 2.37. The number of nitrogens with one attached hydrogen (secondary N) is 1. The first-order valence-electron chi connectivity index (χ1n) is 9.10. The molecule has 0 bridgehead atoms. The second-order valence-electron chi connectivity index (χ2n) is 7.54. The van der Waals surface area contributed by atoms with Crippen molar-refractivity contribution < 1.29 is 18.7 Å².